The lowest BCUT2D eigenvalue weighted by Gasteiger charge is -2.27. The van der Waals surface area contributed by atoms with Crippen LogP contribution in [0.4, 0.5) is 0 Å². The molecule has 1 amide bonds. The third-order valence-corrected chi connectivity index (χ3v) is 7.10. The van der Waals surface area contributed by atoms with Crippen LogP contribution in [-0.4, -0.2) is 61.9 Å². The van der Waals surface area contributed by atoms with Crippen molar-refractivity contribution >= 4 is 16.9 Å². The number of imidazole rings is 1. The molecule has 4 heterocycles. The highest BCUT2D eigenvalue weighted by molar-refractivity contribution is 5.97. The standard InChI is InChI=1S/C24H29N5O5/c1-26-21(31)17-14-24(34-22(17)27(2)23(26)32)7-4-9-28(10-8-24)20(30)16-5-6-19-18(13-16)25-15-29(19)11-12-33-3/h5-6,13,15H,4,7-12,14H2,1-3H3. The second-order valence-electron chi connectivity index (χ2n) is 9.23. The number of methoxy groups -OCH3 is 1. The van der Waals surface area contributed by atoms with Crippen molar-refractivity contribution in [3.63, 3.8) is 0 Å². The van der Waals surface area contributed by atoms with E-state index in [1.54, 1.807) is 20.5 Å². The average Bonchev–Trinajstić information content (AvgIpc) is 3.36. The number of fused-ring (bicyclic) bond motifs is 2. The fourth-order valence-electron chi connectivity index (χ4n) is 5.14. The van der Waals surface area contributed by atoms with Gasteiger partial charge in [-0.05, 0) is 31.0 Å². The van der Waals surface area contributed by atoms with Crippen molar-refractivity contribution in [2.75, 3.05) is 26.8 Å². The number of aromatic nitrogens is 4. The Hall–Kier alpha value is -3.40. The zero-order chi connectivity index (χ0) is 24.0. The minimum atomic E-state index is -0.570. The first-order valence-electron chi connectivity index (χ1n) is 11.5. The van der Waals surface area contributed by atoms with Gasteiger partial charge in [0.1, 0.15) is 5.60 Å². The summed E-state index contributed by atoms with van der Waals surface area (Å²) in [5, 5.41) is 0. The molecule has 1 spiro atoms. The van der Waals surface area contributed by atoms with Crippen molar-refractivity contribution < 1.29 is 14.3 Å². The molecular weight excluding hydrogens is 438 g/mol. The number of carbonyl (C=O) groups is 1. The third-order valence-electron chi connectivity index (χ3n) is 7.10. The Morgan fingerprint density at radius 2 is 2.00 bits per heavy atom. The second-order valence-corrected chi connectivity index (χ2v) is 9.23. The van der Waals surface area contributed by atoms with E-state index in [-0.39, 0.29) is 11.5 Å². The van der Waals surface area contributed by atoms with Gasteiger partial charge in [0.15, 0.2) is 0 Å². The Kier molecular flexibility index (Phi) is 5.55. The van der Waals surface area contributed by atoms with Gasteiger partial charge in [0.05, 0.1) is 29.5 Å². The lowest BCUT2D eigenvalue weighted by atomic mass is 9.90. The van der Waals surface area contributed by atoms with Gasteiger partial charge in [0, 0.05) is 59.2 Å². The van der Waals surface area contributed by atoms with Gasteiger partial charge in [-0.25, -0.2) is 9.78 Å². The van der Waals surface area contributed by atoms with E-state index in [0.717, 1.165) is 22.0 Å². The first kappa shape index (κ1) is 22.4. The molecule has 10 heteroatoms. The van der Waals surface area contributed by atoms with Crippen molar-refractivity contribution in [3.8, 4) is 5.88 Å². The van der Waals surface area contributed by atoms with Crippen LogP contribution in [0, 0.1) is 0 Å². The molecule has 0 radical (unpaired) electrons. The molecule has 1 unspecified atom stereocenters. The predicted octanol–water partition coefficient (Wildman–Crippen LogP) is 1.08. The number of ether oxygens (including phenoxy) is 2. The van der Waals surface area contributed by atoms with Crippen LogP contribution in [-0.2, 0) is 31.8 Å². The number of likely N-dealkylation sites (tertiary alicyclic amines) is 1. The van der Waals surface area contributed by atoms with Crippen LogP contribution in [0.3, 0.4) is 0 Å². The summed E-state index contributed by atoms with van der Waals surface area (Å²) in [5.74, 6) is 0.326. The van der Waals surface area contributed by atoms with E-state index in [1.165, 1.54) is 11.6 Å². The fourth-order valence-corrected chi connectivity index (χ4v) is 5.14. The lowest BCUT2D eigenvalue weighted by Crippen LogP contribution is -2.38. The monoisotopic (exact) mass is 467 g/mol. The van der Waals surface area contributed by atoms with E-state index in [2.05, 4.69) is 4.98 Å². The summed E-state index contributed by atoms with van der Waals surface area (Å²) >= 11 is 0. The number of rotatable bonds is 4. The SMILES string of the molecule is COCCn1cnc2cc(C(=O)N3CCCC4(CC3)Cc3c(n(C)c(=O)n(C)c3=O)O4)ccc21. The normalized spacial score (nSPS) is 19.9. The molecule has 1 saturated heterocycles. The molecule has 1 aromatic carbocycles. The average molecular weight is 468 g/mol. The first-order valence-corrected chi connectivity index (χ1v) is 11.5. The number of amides is 1. The van der Waals surface area contributed by atoms with E-state index < -0.39 is 11.3 Å². The van der Waals surface area contributed by atoms with Crippen LogP contribution in [0.15, 0.2) is 34.1 Å². The molecule has 0 bridgehead atoms. The molecule has 180 valence electrons. The Morgan fingerprint density at radius 3 is 2.79 bits per heavy atom. The van der Waals surface area contributed by atoms with E-state index in [0.29, 0.717) is 62.5 Å². The summed E-state index contributed by atoms with van der Waals surface area (Å²) in [6, 6.07) is 5.61. The summed E-state index contributed by atoms with van der Waals surface area (Å²) in [4.78, 5) is 44.6. The minimum Gasteiger partial charge on any atom is -0.471 e. The maximum Gasteiger partial charge on any atom is 0.333 e. The summed E-state index contributed by atoms with van der Waals surface area (Å²) in [6.07, 6.45) is 4.28. The summed E-state index contributed by atoms with van der Waals surface area (Å²) in [6.45, 7) is 2.42. The number of benzene rings is 1. The highest BCUT2D eigenvalue weighted by atomic mass is 16.5. The van der Waals surface area contributed by atoms with Gasteiger partial charge in [-0.3, -0.25) is 18.7 Å². The number of hydrogen-bond acceptors (Lipinski definition) is 6. The Bertz CT molecular complexity index is 1390. The largest absolute Gasteiger partial charge is 0.471 e. The maximum atomic E-state index is 13.3. The lowest BCUT2D eigenvalue weighted by molar-refractivity contribution is 0.0636. The van der Waals surface area contributed by atoms with E-state index in [4.69, 9.17) is 9.47 Å². The van der Waals surface area contributed by atoms with Crippen LogP contribution < -0.4 is 16.0 Å². The smallest absolute Gasteiger partial charge is 0.333 e. The number of nitrogens with zero attached hydrogens (tertiary/aromatic N) is 5. The second kappa shape index (κ2) is 8.43. The Morgan fingerprint density at radius 1 is 1.18 bits per heavy atom. The molecule has 34 heavy (non-hydrogen) atoms. The molecule has 0 aliphatic carbocycles. The fraction of sp³-hybridized carbons (Fsp3) is 0.500. The summed E-state index contributed by atoms with van der Waals surface area (Å²) < 4.78 is 16.0. The van der Waals surface area contributed by atoms with Crippen molar-refractivity contribution in [1.29, 1.82) is 0 Å². The van der Waals surface area contributed by atoms with Crippen molar-refractivity contribution in [3.05, 3.63) is 56.5 Å². The van der Waals surface area contributed by atoms with Gasteiger partial charge in [-0.2, -0.15) is 0 Å². The van der Waals surface area contributed by atoms with Crippen LogP contribution in [0.2, 0.25) is 0 Å². The molecule has 3 aromatic rings. The van der Waals surface area contributed by atoms with Crippen LogP contribution in [0.5, 0.6) is 5.88 Å². The van der Waals surface area contributed by atoms with Gasteiger partial charge < -0.3 is 18.9 Å². The molecule has 2 aromatic heterocycles. The number of carbonyl (C=O) groups excluding carboxylic acids is 1. The number of hydrogen-bond donors (Lipinski definition) is 0. The van der Waals surface area contributed by atoms with Gasteiger partial charge in [0.25, 0.3) is 11.5 Å². The summed E-state index contributed by atoms with van der Waals surface area (Å²) in [7, 11) is 4.77. The zero-order valence-electron chi connectivity index (χ0n) is 19.7. The van der Waals surface area contributed by atoms with E-state index in [9.17, 15) is 14.4 Å². The summed E-state index contributed by atoms with van der Waals surface area (Å²) in [5.41, 5.74) is 1.62. The molecular formula is C24H29N5O5. The van der Waals surface area contributed by atoms with E-state index in [1.807, 2.05) is 27.7 Å². The molecule has 0 saturated carbocycles. The van der Waals surface area contributed by atoms with Crippen LogP contribution >= 0.6 is 0 Å². The third kappa shape index (κ3) is 3.62. The topological polar surface area (TPSA) is 101 Å². The molecule has 1 atom stereocenters. The van der Waals surface area contributed by atoms with Crippen LogP contribution in [0.25, 0.3) is 11.0 Å². The predicted molar refractivity (Wildman–Crippen MR) is 125 cm³/mol. The molecule has 5 rings (SSSR count). The Labute approximate surface area is 196 Å². The van der Waals surface area contributed by atoms with Gasteiger partial charge in [-0.1, -0.05) is 0 Å². The van der Waals surface area contributed by atoms with Gasteiger partial charge >= 0.3 is 5.69 Å². The van der Waals surface area contributed by atoms with Gasteiger partial charge in [-0.15, -0.1) is 0 Å². The van der Waals surface area contributed by atoms with E-state index >= 15 is 0 Å². The minimum absolute atomic E-state index is 0.0378. The van der Waals surface area contributed by atoms with Gasteiger partial charge in [0.2, 0.25) is 5.88 Å². The quantitative estimate of drug-likeness (QED) is 0.569. The maximum absolute atomic E-state index is 13.3. The van der Waals surface area contributed by atoms with Crippen molar-refractivity contribution in [2.24, 2.45) is 14.1 Å². The highest BCUT2D eigenvalue weighted by Crippen LogP contribution is 2.39. The first-order chi connectivity index (χ1) is 16.3. The molecule has 10 nitrogen and oxygen atoms in total. The zero-order valence-corrected chi connectivity index (χ0v) is 19.7. The molecule has 1 fully saturated rings. The molecule has 2 aliphatic rings. The Balaban J connectivity index is 1.34. The molecule has 2 aliphatic heterocycles. The van der Waals surface area contributed by atoms with Crippen molar-refractivity contribution in [1.82, 2.24) is 23.6 Å². The van der Waals surface area contributed by atoms with Crippen LogP contribution in [0.1, 0.15) is 35.2 Å². The highest BCUT2D eigenvalue weighted by Gasteiger charge is 2.44. The molecule has 0 N–H and O–H groups in total. The van der Waals surface area contributed by atoms with Crippen molar-refractivity contribution in [2.45, 2.75) is 37.8 Å².